The smallest absolute Gasteiger partial charge is 0.258 e. The van der Waals surface area contributed by atoms with Crippen molar-refractivity contribution in [2.24, 2.45) is 0 Å². The lowest BCUT2D eigenvalue weighted by Gasteiger charge is -2.17. The molecule has 6 heteroatoms. The van der Waals surface area contributed by atoms with Crippen molar-refractivity contribution < 1.29 is 19.1 Å². The molecular weight excluding hydrogens is 368 g/mol. The van der Waals surface area contributed by atoms with Crippen molar-refractivity contribution in [3.63, 3.8) is 0 Å². The highest BCUT2D eigenvalue weighted by Crippen LogP contribution is 2.22. The van der Waals surface area contributed by atoms with Crippen LogP contribution in [0.25, 0.3) is 0 Å². The number of para-hydroxylation sites is 2. The third-order valence-electron chi connectivity index (χ3n) is 4.53. The number of amides is 2. The molecule has 0 fully saturated rings. The van der Waals surface area contributed by atoms with Gasteiger partial charge in [-0.25, -0.2) is 0 Å². The number of carbonyl (C=O) groups is 2. The monoisotopic (exact) mass is 398 g/mol. The Balaban J connectivity index is 1.71. The van der Waals surface area contributed by atoms with Gasteiger partial charge in [-0.1, -0.05) is 36.4 Å². The summed E-state index contributed by atoms with van der Waals surface area (Å²) in [5.74, 6) is 0.988. The molecule has 156 valence electrons. The van der Waals surface area contributed by atoms with Crippen molar-refractivity contribution in [3.8, 4) is 11.5 Å². The molecule has 2 aromatic carbocycles. The van der Waals surface area contributed by atoms with Crippen molar-refractivity contribution in [2.75, 3.05) is 19.8 Å². The maximum atomic E-state index is 12.1. The van der Waals surface area contributed by atoms with Gasteiger partial charge in [0.25, 0.3) is 11.8 Å². The molecule has 0 bridgehead atoms. The molecule has 1 unspecified atom stereocenters. The Kier molecular flexibility index (Phi) is 8.07. The minimum Gasteiger partial charge on any atom is -0.483 e. The number of nitrogens with one attached hydrogen (secondary N) is 2. The first kappa shape index (κ1) is 22.3. The average molecular weight is 399 g/mol. The number of hydrogen-bond acceptors (Lipinski definition) is 4. The molecule has 0 aliphatic rings. The summed E-state index contributed by atoms with van der Waals surface area (Å²) in [5.41, 5.74) is 3.95. The minimum absolute atomic E-state index is 0.0674. The van der Waals surface area contributed by atoms with Gasteiger partial charge in [0.1, 0.15) is 11.5 Å². The first-order valence-electron chi connectivity index (χ1n) is 9.72. The fourth-order valence-electron chi connectivity index (χ4n) is 3.01. The minimum atomic E-state index is -0.236. The lowest BCUT2D eigenvalue weighted by Crippen LogP contribution is -2.44. The molecule has 1 atom stereocenters. The van der Waals surface area contributed by atoms with Crippen LogP contribution in [0, 0.1) is 27.7 Å². The van der Waals surface area contributed by atoms with Crippen LogP contribution < -0.4 is 20.1 Å². The molecule has 2 N–H and O–H groups in total. The second-order valence-electron chi connectivity index (χ2n) is 7.29. The molecule has 0 aliphatic heterocycles. The highest BCUT2D eigenvalue weighted by Gasteiger charge is 2.12. The maximum Gasteiger partial charge on any atom is 0.258 e. The number of hydrogen-bond donors (Lipinski definition) is 2. The molecule has 6 nitrogen and oxygen atoms in total. The van der Waals surface area contributed by atoms with Crippen LogP contribution in [0.3, 0.4) is 0 Å². The zero-order valence-electron chi connectivity index (χ0n) is 17.8. The summed E-state index contributed by atoms with van der Waals surface area (Å²) in [6.07, 6.45) is 0. The van der Waals surface area contributed by atoms with Crippen LogP contribution in [0.4, 0.5) is 0 Å². The van der Waals surface area contributed by atoms with Gasteiger partial charge in [-0.15, -0.1) is 0 Å². The van der Waals surface area contributed by atoms with E-state index in [4.69, 9.17) is 9.47 Å². The Morgan fingerprint density at radius 2 is 1.21 bits per heavy atom. The van der Waals surface area contributed by atoms with E-state index in [1.165, 1.54) is 0 Å². The van der Waals surface area contributed by atoms with Crippen LogP contribution in [0.2, 0.25) is 0 Å². The van der Waals surface area contributed by atoms with Gasteiger partial charge in [0, 0.05) is 12.6 Å². The zero-order chi connectivity index (χ0) is 21.4. The first-order chi connectivity index (χ1) is 13.8. The third-order valence-corrected chi connectivity index (χ3v) is 4.53. The van der Waals surface area contributed by atoms with Gasteiger partial charge >= 0.3 is 0 Å². The maximum absolute atomic E-state index is 12.1. The SMILES string of the molecule is Cc1cccc(C)c1OCC(=O)NCC(C)NC(=O)COc1c(C)cccc1C. The van der Waals surface area contributed by atoms with Crippen LogP contribution in [-0.4, -0.2) is 37.6 Å². The van der Waals surface area contributed by atoms with E-state index < -0.39 is 0 Å². The van der Waals surface area contributed by atoms with E-state index >= 15 is 0 Å². The van der Waals surface area contributed by atoms with E-state index in [1.54, 1.807) is 0 Å². The molecule has 0 aliphatic carbocycles. The average Bonchev–Trinajstić information content (AvgIpc) is 2.65. The number of carbonyl (C=O) groups excluding carboxylic acids is 2. The largest absolute Gasteiger partial charge is 0.483 e. The fourth-order valence-corrected chi connectivity index (χ4v) is 3.01. The molecule has 0 saturated heterocycles. The van der Waals surface area contributed by atoms with Gasteiger partial charge in [-0.05, 0) is 56.9 Å². The van der Waals surface area contributed by atoms with E-state index in [0.717, 1.165) is 33.8 Å². The van der Waals surface area contributed by atoms with Crippen molar-refractivity contribution in [1.82, 2.24) is 10.6 Å². The van der Waals surface area contributed by atoms with E-state index in [1.807, 2.05) is 71.0 Å². The quantitative estimate of drug-likeness (QED) is 0.681. The first-order valence-corrected chi connectivity index (χ1v) is 9.72. The lowest BCUT2D eigenvalue weighted by molar-refractivity contribution is -0.125. The van der Waals surface area contributed by atoms with E-state index in [9.17, 15) is 9.59 Å². The molecule has 0 spiro atoms. The summed E-state index contributed by atoms with van der Waals surface area (Å²) >= 11 is 0. The third kappa shape index (κ3) is 6.82. The molecule has 2 rings (SSSR count). The normalized spacial score (nSPS) is 11.5. The summed E-state index contributed by atoms with van der Waals surface area (Å²) < 4.78 is 11.3. The highest BCUT2D eigenvalue weighted by molar-refractivity contribution is 5.79. The summed E-state index contributed by atoms with van der Waals surface area (Å²) in [5, 5.41) is 5.59. The molecule has 0 radical (unpaired) electrons. The fraction of sp³-hybridized carbons (Fsp3) is 0.391. The van der Waals surface area contributed by atoms with Crippen LogP contribution in [-0.2, 0) is 9.59 Å². The van der Waals surface area contributed by atoms with Crippen molar-refractivity contribution in [3.05, 3.63) is 58.7 Å². The van der Waals surface area contributed by atoms with Crippen molar-refractivity contribution >= 4 is 11.8 Å². The second kappa shape index (κ2) is 10.5. The summed E-state index contributed by atoms with van der Waals surface area (Å²) in [7, 11) is 0. The van der Waals surface area contributed by atoms with E-state index in [0.29, 0.717) is 6.54 Å². The molecule has 0 heterocycles. The predicted octanol–water partition coefficient (Wildman–Crippen LogP) is 3.00. The summed E-state index contributed by atoms with van der Waals surface area (Å²) in [4.78, 5) is 24.1. The molecular formula is C23H30N2O4. The molecule has 2 aromatic rings. The molecule has 0 aromatic heterocycles. The number of aryl methyl sites for hydroxylation is 4. The van der Waals surface area contributed by atoms with E-state index in [-0.39, 0.29) is 31.1 Å². The Labute approximate surface area is 172 Å². The number of ether oxygens (including phenoxy) is 2. The standard InChI is InChI=1S/C23H30N2O4/c1-15-8-6-9-16(2)22(15)28-13-20(26)24-12-19(5)25-21(27)14-29-23-17(3)10-7-11-18(23)4/h6-11,19H,12-14H2,1-5H3,(H,24,26)(H,25,27). The summed E-state index contributed by atoms with van der Waals surface area (Å²) in [6.45, 7) is 9.77. The van der Waals surface area contributed by atoms with Crippen LogP contribution in [0.15, 0.2) is 36.4 Å². The van der Waals surface area contributed by atoms with Crippen molar-refractivity contribution in [2.45, 2.75) is 40.7 Å². The number of rotatable bonds is 9. The molecule has 29 heavy (non-hydrogen) atoms. The second-order valence-corrected chi connectivity index (χ2v) is 7.29. The van der Waals surface area contributed by atoms with Gasteiger partial charge < -0.3 is 20.1 Å². The Bertz CT molecular complexity index is 823. The van der Waals surface area contributed by atoms with Crippen LogP contribution >= 0.6 is 0 Å². The van der Waals surface area contributed by atoms with Gasteiger partial charge in [0.2, 0.25) is 0 Å². The van der Waals surface area contributed by atoms with Crippen LogP contribution in [0.5, 0.6) is 11.5 Å². The van der Waals surface area contributed by atoms with Crippen LogP contribution in [0.1, 0.15) is 29.2 Å². The molecule has 0 saturated carbocycles. The molecule has 2 amide bonds. The zero-order valence-corrected chi connectivity index (χ0v) is 17.8. The Morgan fingerprint density at radius 1 is 0.793 bits per heavy atom. The van der Waals surface area contributed by atoms with Gasteiger partial charge in [-0.2, -0.15) is 0 Å². The van der Waals surface area contributed by atoms with Gasteiger partial charge in [-0.3, -0.25) is 9.59 Å². The topological polar surface area (TPSA) is 76.7 Å². The summed E-state index contributed by atoms with van der Waals surface area (Å²) in [6, 6.07) is 11.4. The van der Waals surface area contributed by atoms with Gasteiger partial charge in [0.15, 0.2) is 13.2 Å². The predicted molar refractivity (Wildman–Crippen MR) is 113 cm³/mol. The van der Waals surface area contributed by atoms with Gasteiger partial charge in [0.05, 0.1) is 0 Å². The Hall–Kier alpha value is -3.02. The van der Waals surface area contributed by atoms with E-state index in [2.05, 4.69) is 10.6 Å². The Morgan fingerprint density at radius 3 is 1.66 bits per heavy atom. The highest BCUT2D eigenvalue weighted by atomic mass is 16.5. The number of benzene rings is 2. The lowest BCUT2D eigenvalue weighted by atomic mass is 10.1. The van der Waals surface area contributed by atoms with Crippen molar-refractivity contribution in [1.29, 1.82) is 0 Å².